The monoisotopic (exact) mass is 532 g/mol. The minimum atomic E-state index is -0.576. The average Bonchev–Trinajstić information content (AvgIpc) is 3.16. The summed E-state index contributed by atoms with van der Waals surface area (Å²) in [5.74, 6) is 4.62. The first-order valence-electron chi connectivity index (χ1n) is 9.66. The van der Waals surface area contributed by atoms with Crippen LogP contribution in [0.3, 0.4) is 0 Å². The zero-order valence-corrected chi connectivity index (χ0v) is 20.6. The van der Waals surface area contributed by atoms with Crippen LogP contribution in [0.15, 0.2) is 46.0 Å². The van der Waals surface area contributed by atoms with Gasteiger partial charge >= 0.3 is 0 Å². The van der Waals surface area contributed by atoms with Gasteiger partial charge in [0, 0.05) is 10.6 Å². The van der Waals surface area contributed by atoms with Crippen LogP contribution in [0.5, 0.6) is 17.2 Å². The number of thioether (sulfide) groups is 1. The van der Waals surface area contributed by atoms with Gasteiger partial charge in [0.05, 0.1) is 18.7 Å². The molecule has 0 unspecified atom stereocenters. The number of benzene rings is 2. The molecule has 0 aliphatic carbocycles. The third-order valence-corrected chi connectivity index (χ3v) is 6.38. The van der Waals surface area contributed by atoms with E-state index in [9.17, 15) is 10.1 Å². The molecule has 0 N–H and O–H groups in total. The van der Waals surface area contributed by atoms with E-state index in [4.69, 9.17) is 20.6 Å². The maximum atomic E-state index is 11.5. The van der Waals surface area contributed by atoms with Crippen molar-refractivity contribution >= 4 is 27.7 Å². The number of hydrogen-bond donors (Lipinski definition) is 0. The van der Waals surface area contributed by atoms with E-state index in [1.807, 2.05) is 35.8 Å². The van der Waals surface area contributed by atoms with Gasteiger partial charge in [0.1, 0.15) is 23.4 Å². The lowest BCUT2D eigenvalue weighted by Gasteiger charge is -2.18. The molecule has 3 rings (SSSR count). The summed E-state index contributed by atoms with van der Waals surface area (Å²) in [6.07, 6.45) is 5.29. The lowest BCUT2D eigenvalue weighted by Crippen LogP contribution is -2.12. The van der Waals surface area contributed by atoms with Crippen LogP contribution in [-0.4, -0.2) is 47.1 Å². The van der Waals surface area contributed by atoms with Gasteiger partial charge < -0.3 is 14.2 Å². The predicted octanol–water partition coefficient (Wildman–Crippen LogP) is 4.48. The highest BCUT2D eigenvalue weighted by Crippen LogP contribution is 2.43. The standard InChI is InChI=1S/C22H21BrN4O5S/c1-5-10-32-21-18(23)11-15(12-19(21)31-4)20(13-26(28)29)33-22-25-24-14(2)27(22)16-6-8-17(30-3)9-7-16/h1,6-9,11-12,20H,10,13H2,2-4H3/t20-/m1/s1. The molecule has 0 radical (unpaired) electrons. The third kappa shape index (κ3) is 5.77. The largest absolute Gasteiger partial charge is 0.497 e. The Hall–Kier alpha value is -3.23. The summed E-state index contributed by atoms with van der Waals surface area (Å²) in [5.41, 5.74) is 1.48. The van der Waals surface area contributed by atoms with Crippen molar-refractivity contribution in [2.75, 3.05) is 27.4 Å². The minimum absolute atomic E-state index is 0.0611. The first kappa shape index (κ1) is 24.4. The molecule has 0 fully saturated rings. The second-order valence-electron chi connectivity index (χ2n) is 6.71. The van der Waals surface area contributed by atoms with Crippen LogP contribution in [0.2, 0.25) is 0 Å². The summed E-state index contributed by atoms with van der Waals surface area (Å²) in [6.45, 7) is 1.55. The highest BCUT2D eigenvalue weighted by Gasteiger charge is 2.26. The molecular formula is C22H21BrN4O5S. The lowest BCUT2D eigenvalue weighted by molar-refractivity contribution is -0.479. The van der Waals surface area contributed by atoms with Gasteiger partial charge in [0.15, 0.2) is 16.7 Å². The number of ether oxygens (including phenoxy) is 3. The number of nitro groups is 1. The SMILES string of the molecule is C#CCOc1c(Br)cc([C@@H](C[N+](=O)[O-])Sc2nnc(C)n2-c2ccc(OC)cc2)cc1OC. The summed E-state index contributed by atoms with van der Waals surface area (Å²) in [6, 6.07) is 10.9. The number of nitrogens with zero attached hydrogens (tertiary/aromatic N) is 4. The molecule has 0 spiro atoms. The number of hydrogen-bond acceptors (Lipinski definition) is 8. The van der Waals surface area contributed by atoms with E-state index in [1.165, 1.54) is 18.9 Å². The van der Waals surface area contributed by atoms with E-state index >= 15 is 0 Å². The molecule has 172 valence electrons. The van der Waals surface area contributed by atoms with E-state index in [0.717, 1.165) is 5.69 Å². The van der Waals surface area contributed by atoms with E-state index < -0.39 is 5.25 Å². The number of terminal acetylenes is 1. The number of methoxy groups -OCH3 is 2. The quantitative estimate of drug-likeness (QED) is 0.163. The van der Waals surface area contributed by atoms with Crippen LogP contribution >= 0.6 is 27.7 Å². The van der Waals surface area contributed by atoms with Crippen molar-refractivity contribution < 1.29 is 19.1 Å². The molecule has 0 amide bonds. The highest BCUT2D eigenvalue weighted by molar-refractivity contribution is 9.10. The minimum Gasteiger partial charge on any atom is -0.497 e. The van der Waals surface area contributed by atoms with E-state index in [0.29, 0.717) is 38.3 Å². The van der Waals surface area contributed by atoms with Crippen molar-refractivity contribution in [1.29, 1.82) is 0 Å². The fourth-order valence-electron chi connectivity index (χ4n) is 3.10. The normalized spacial score (nSPS) is 11.5. The van der Waals surface area contributed by atoms with E-state index in [-0.39, 0.29) is 18.1 Å². The molecule has 11 heteroatoms. The summed E-state index contributed by atoms with van der Waals surface area (Å²) in [4.78, 5) is 11.1. The molecule has 9 nitrogen and oxygen atoms in total. The molecule has 1 atom stereocenters. The van der Waals surface area contributed by atoms with Gasteiger partial charge in [-0.1, -0.05) is 17.7 Å². The van der Waals surface area contributed by atoms with Crippen LogP contribution in [0, 0.1) is 29.4 Å². The first-order valence-corrected chi connectivity index (χ1v) is 11.3. The first-order chi connectivity index (χ1) is 15.9. The molecule has 0 saturated heterocycles. The van der Waals surface area contributed by atoms with Gasteiger partial charge in [-0.25, -0.2) is 0 Å². The summed E-state index contributed by atoms with van der Waals surface area (Å²) >= 11 is 4.70. The topological polar surface area (TPSA) is 102 Å². The summed E-state index contributed by atoms with van der Waals surface area (Å²) < 4.78 is 18.6. The fourth-order valence-corrected chi connectivity index (χ4v) is 4.83. The highest BCUT2D eigenvalue weighted by atomic mass is 79.9. The van der Waals surface area contributed by atoms with Crippen molar-refractivity contribution in [2.24, 2.45) is 0 Å². The van der Waals surface area contributed by atoms with Gasteiger partial charge in [-0.2, -0.15) is 0 Å². The van der Waals surface area contributed by atoms with Crippen molar-refractivity contribution in [3.63, 3.8) is 0 Å². The number of aryl methyl sites for hydroxylation is 1. The molecule has 33 heavy (non-hydrogen) atoms. The Balaban J connectivity index is 2.00. The smallest absolute Gasteiger partial charge is 0.220 e. The zero-order valence-electron chi connectivity index (χ0n) is 18.1. The van der Waals surface area contributed by atoms with Crippen LogP contribution in [-0.2, 0) is 0 Å². The van der Waals surface area contributed by atoms with Gasteiger partial charge in [-0.3, -0.25) is 14.7 Å². The van der Waals surface area contributed by atoms with E-state index in [2.05, 4.69) is 32.0 Å². The van der Waals surface area contributed by atoms with Gasteiger partial charge in [0.2, 0.25) is 6.54 Å². The Bertz CT molecular complexity index is 1180. The van der Waals surface area contributed by atoms with Crippen LogP contribution in [0.1, 0.15) is 16.6 Å². The predicted molar refractivity (Wildman–Crippen MR) is 128 cm³/mol. The molecule has 3 aromatic rings. The average molecular weight is 533 g/mol. The Morgan fingerprint density at radius 3 is 2.58 bits per heavy atom. The van der Waals surface area contributed by atoms with Gasteiger partial charge in [0.25, 0.3) is 0 Å². The number of aromatic nitrogens is 3. The summed E-state index contributed by atoms with van der Waals surface area (Å²) in [5, 5.41) is 19.9. The molecule has 0 aliphatic heterocycles. The Morgan fingerprint density at radius 1 is 1.24 bits per heavy atom. The molecule has 1 heterocycles. The molecule has 1 aromatic heterocycles. The van der Waals surface area contributed by atoms with Crippen LogP contribution in [0.25, 0.3) is 5.69 Å². The molecule has 2 aromatic carbocycles. The van der Waals surface area contributed by atoms with Gasteiger partial charge in [-0.05, 0) is 64.8 Å². The molecule has 0 aliphatic rings. The second kappa shape index (κ2) is 11.1. The second-order valence-corrected chi connectivity index (χ2v) is 8.74. The summed E-state index contributed by atoms with van der Waals surface area (Å²) in [7, 11) is 3.09. The maximum Gasteiger partial charge on any atom is 0.220 e. The molecule has 0 bridgehead atoms. The molecule has 0 saturated carbocycles. The van der Waals surface area contributed by atoms with Crippen molar-refractivity contribution in [3.8, 4) is 35.3 Å². The number of rotatable bonds is 10. The fraction of sp³-hybridized carbons (Fsp3) is 0.273. The van der Waals surface area contributed by atoms with Crippen molar-refractivity contribution in [3.05, 3.63) is 62.4 Å². The molecular weight excluding hydrogens is 512 g/mol. The van der Waals surface area contributed by atoms with Gasteiger partial charge in [-0.15, -0.1) is 16.6 Å². The third-order valence-electron chi connectivity index (χ3n) is 4.61. The maximum absolute atomic E-state index is 11.5. The van der Waals surface area contributed by atoms with Crippen molar-refractivity contribution in [1.82, 2.24) is 14.8 Å². The van der Waals surface area contributed by atoms with Crippen molar-refractivity contribution in [2.45, 2.75) is 17.3 Å². The zero-order chi connectivity index (χ0) is 24.0. The van der Waals surface area contributed by atoms with Crippen LogP contribution in [0.4, 0.5) is 0 Å². The van der Waals surface area contributed by atoms with Crippen LogP contribution < -0.4 is 14.2 Å². The van der Waals surface area contributed by atoms with E-state index in [1.54, 1.807) is 19.2 Å². The Kier molecular flexibility index (Phi) is 8.19. The number of halogens is 1. The Labute approximate surface area is 203 Å². The Morgan fingerprint density at radius 2 is 1.97 bits per heavy atom. The lowest BCUT2D eigenvalue weighted by atomic mass is 10.1.